The summed E-state index contributed by atoms with van der Waals surface area (Å²) in [6.45, 7) is 4.42. The third-order valence-electron chi connectivity index (χ3n) is 3.10. The van der Waals surface area contributed by atoms with E-state index in [1.807, 2.05) is 13.8 Å². The highest BCUT2D eigenvalue weighted by atomic mass is 32.2. The predicted molar refractivity (Wildman–Crippen MR) is 67.9 cm³/mol. The molecular weight excluding hydrogens is 252 g/mol. The van der Waals surface area contributed by atoms with E-state index in [0.29, 0.717) is 13.0 Å². The third kappa shape index (κ3) is 3.10. The van der Waals surface area contributed by atoms with Gasteiger partial charge in [0.1, 0.15) is 6.10 Å². The molecule has 4 nitrogen and oxygen atoms in total. The first-order chi connectivity index (χ1) is 8.49. The maximum absolute atomic E-state index is 12.1. The molecule has 5 heteroatoms. The van der Waals surface area contributed by atoms with E-state index in [1.165, 1.54) is 0 Å². The summed E-state index contributed by atoms with van der Waals surface area (Å²) in [5.41, 5.74) is 1.02. The van der Waals surface area contributed by atoms with Gasteiger partial charge in [0.25, 0.3) is 10.1 Å². The molecule has 100 valence electrons. The van der Waals surface area contributed by atoms with Crippen molar-refractivity contribution in [3.8, 4) is 0 Å². The summed E-state index contributed by atoms with van der Waals surface area (Å²) in [4.78, 5) is 0.200. The van der Waals surface area contributed by atoms with Crippen LogP contribution < -0.4 is 0 Å². The summed E-state index contributed by atoms with van der Waals surface area (Å²) >= 11 is 0. The smallest absolute Gasteiger partial charge is 0.297 e. The van der Waals surface area contributed by atoms with Crippen LogP contribution in [-0.2, 0) is 19.0 Å². The van der Waals surface area contributed by atoms with Crippen LogP contribution >= 0.6 is 0 Å². The Kier molecular flexibility index (Phi) is 4.04. The van der Waals surface area contributed by atoms with E-state index >= 15 is 0 Å². The molecule has 0 aliphatic carbocycles. The standard InChI is InChI=1S/C13H18O4S/c1-10-5-7-12(8-6-10)18(14,15)17-13-4-3-9-16-11(13)2/h5-8,11,13H,3-4,9H2,1-2H3. The van der Waals surface area contributed by atoms with Crippen LogP contribution in [0.2, 0.25) is 0 Å². The van der Waals surface area contributed by atoms with Crippen LogP contribution in [0, 0.1) is 6.92 Å². The second-order valence-electron chi connectivity index (χ2n) is 4.62. The molecule has 0 N–H and O–H groups in total. The average Bonchev–Trinajstić information content (AvgIpc) is 2.32. The molecule has 0 spiro atoms. The highest BCUT2D eigenvalue weighted by Gasteiger charge is 2.29. The molecular formula is C13H18O4S. The molecule has 1 fully saturated rings. The van der Waals surface area contributed by atoms with E-state index in [4.69, 9.17) is 8.92 Å². The summed E-state index contributed by atoms with van der Waals surface area (Å²) in [7, 11) is -3.69. The zero-order chi connectivity index (χ0) is 13.2. The zero-order valence-electron chi connectivity index (χ0n) is 10.6. The molecule has 1 heterocycles. The molecule has 2 rings (SSSR count). The van der Waals surface area contributed by atoms with Crippen LogP contribution in [-0.4, -0.2) is 27.2 Å². The second-order valence-corrected chi connectivity index (χ2v) is 6.19. The van der Waals surface area contributed by atoms with Gasteiger partial charge >= 0.3 is 0 Å². The Morgan fingerprint density at radius 1 is 1.28 bits per heavy atom. The summed E-state index contributed by atoms with van der Waals surface area (Å²) < 4.78 is 34.8. The first-order valence-corrected chi connectivity index (χ1v) is 7.51. The topological polar surface area (TPSA) is 52.6 Å². The number of benzene rings is 1. The quantitative estimate of drug-likeness (QED) is 0.791. The maximum atomic E-state index is 12.1. The van der Waals surface area contributed by atoms with Crippen LogP contribution in [0.15, 0.2) is 29.2 Å². The fraction of sp³-hybridized carbons (Fsp3) is 0.538. The highest BCUT2D eigenvalue weighted by molar-refractivity contribution is 7.86. The lowest BCUT2D eigenvalue weighted by molar-refractivity contribution is -0.0497. The van der Waals surface area contributed by atoms with Gasteiger partial charge in [0.05, 0.1) is 11.0 Å². The van der Waals surface area contributed by atoms with Gasteiger partial charge in [-0.25, -0.2) is 0 Å². The Morgan fingerprint density at radius 3 is 2.56 bits per heavy atom. The highest BCUT2D eigenvalue weighted by Crippen LogP contribution is 2.22. The minimum absolute atomic E-state index is 0.182. The summed E-state index contributed by atoms with van der Waals surface area (Å²) in [6, 6.07) is 6.66. The van der Waals surface area contributed by atoms with Crippen LogP contribution in [0.5, 0.6) is 0 Å². The lowest BCUT2D eigenvalue weighted by atomic mass is 10.1. The van der Waals surface area contributed by atoms with Crippen molar-refractivity contribution in [1.82, 2.24) is 0 Å². The first kappa shape index (κ1) is 13.5. The number of hydrogen-bond acceptors (Lipinski definition) is 4. The number of aryl methyl sites for hydroxylation is 1. The van der Waals surface area contributed by atoms with Gasteiger partial charge in [-0.05, 0) is 38.8 Å². The van der Waals surface area contributed by atoms with Gasteiger partial charge in [0, 0.05) is 6.61 Å². The Labute approximate surface area is 108 Å². The molecule has 1 aromatic rings. The summed E-state index contributed by atoms with van der Waals surface area (Å²) in [5.74, 6) is 0. The lowest BCUT2D eigenvalue weighted by Gasteiger charge is -2.28. The van der Waals surface area contributed by atoms with Crippen LogP contribution in [0.25, 0.3) is 0 Å². The SMILES string of the molecule is Cc1ccc(S(=O)(=O)OC2CCCOC2C)cc1. The van der Waals surface area contributed by atoms with Crippen LogP contribution in [0.1, 0.15) is 25.3 Å². The van der Waals surface area contributed by atoms with Gasteiger partial charge in [0.2, 0.25) is 0 Å². The van der Waals surface area contributed by atoms with E-state index in [9.17, 15) is 8.42 Å². The summed E-state index contributed by atoms with van der Waals surface area (Å²) in [5, 5.41) is 0. The van der Waals surface area contributed by atoms with Gasteiger partial charge in [-0.15, -0.1) is 0 Å². The fourth-order valence-electron chi connectivity index (χ4n) is 1.95. The number of hydrogen-bond donors (Lipinski definition) is 0. The number of ether oxygens (including phenoxy) is 1. The second kappa shape index (κ2) is 5.38. The third-order valence-corrected chi connectivity index (χ3v) is 4.45. The molecule has 0 bridgehead atoms. The monoisotopic (exact) mass is 270 g/mol. The van der Waals surface area contributed by atoms with Crippen molar-refractivity contribution in [3.05, 3.63) is 29.8 Å². The van der Waals surface area contributed by atoms with Gasteiger partial charge in [-0.1, -0.05) is 17.7 Å². The van der Waals surface area contributed by atoms with Crippen molar-refractivity contribution in [3.63, 3.8) is 0 Å². The Hall–Kier alpha value is -0.910. The minimum atomic E-state index is -3.69. The van der Waals surface area contributed by atoms with Crippen LogP contribution in [0.4, 0.5) is 0 Å². The van der Waals surface area contributed by atoms with E-state index in [1.54, 1.807) is 24.3 Å². The van der Waals surface area contributed by atoms with E-state index < -0.39 is 10.1 Å². The van der Waals surface area contributed by atoms with Gasteiger partial charge < -0.3 is 4.74 Å². The Balaban J connectivity index is 2.13. The van der Waals surface area contributed by atoms with Crippen molar-refractivity contribution < 1.29 is 17.3 Å². The van der Waals surface area contributed by atoms with Crippen molar-refractivity contribution in [2.24, 2.45) is 0 Å². The van der Waals surface area contributed by atoms with Crippen LogP contribution in [0.3, 0.4) is 0 Å². The predicted octanol–water partition coefficient (Wildman–Crippen LogP) is 2.27. The number of rotatable bonds is 3. The van der Waals surface area contributed by atoms with Crippen molar-refractivity contribution in [2.75, 3.05) is 6.61 Å². The molecule has 0 aromatic heterocycles. The molecule has 0 saturated carbocycles. The maximum Gasteiger partial charge on any atom is 0.297 e. The first-order valence-electron chi connectivity index (χ1n) is 6.10. The Morgan fingerprint density at radius 2 is 1.94 bits per heavy atom. The van der Waals surface area contributed by atoms with Crippen molar-refractivity contribution in [1.29, 1.82) is 0 Å². The average molecular weight is 270 g/mol. The molecule has 0 radical (unpaired) electrons. The largest absolute Gasteiger partial charge is 0.376 e. The van der Waals surface area contributed by atoms with Gasteiger partial charge in [0.15, 0.2) is 0 Å². The molecule has 1 aromatic carbocycles. The lowest BCUT2D eigenvalue weighted by Crippen LogP contribution is -2.35. The summed E-state index contributed by atoms with van der Waals surface area (Å²) in [6.07, 6.45) is 0.981. The van der Waals surface area contributed by atoms with E-state index in [-0.39, 0.29) is 17.1 Å². The molecule has 0 amide bonds. The van der Waals surface area contributed by atoms with Crippen molar-refractivity contribution in [2.45, 2.75) is 43.8 Å². The molecule has 1 aliphatic rings. The Bertz CT molecular complexity index is 492. The molecule has 2 unspecified atom stereocenters. The molecule has 1 aliphatic heterocycles. The molecule has 2 atom stereocenters. The normalized spacial score (nSPS) is 25.0. The van der Waals surface area contributed by atoms with Gasteiger partial charge in [-0.3, -0.25) is 4.18 Å². The minimum Gasteiger partial charge on any atom is -0.376 e. The van der Waals surface area contributed by atoms with E-state index in [0.717, 1.165) is 12.0 Å². The molecule has 1 saturated heterocycles. The van der Waals surface area contributed by atoms with Crippen molar-refractivity contribution >= 4 is 10.1 Å². The van der Waals surface area contributed by atoms with E-state index in [2.05, 4.69) is 0 Å². The molecule has 18 heavy (non-hydrogen) atoms. The zero-order valence-corrected chi connectivity index (χ0v) is 11.4. The van der Waals surface area contributed by atoms with Gasteiger partial charge in [-0.2, -0.15) is 8.42 Å². The fourth-order valence-corrected chi connectivity index (χ4v) is 3.10.